The lowest BCUT2D eigenvalue weighted by atomic mass is 9.87. The Morgan fingerprint density at radius 1 is 1.15 bits per heavy atom. The lowest BCUT2D eigenvalue weighted by Crippen LogP contribution is -2.42. The molecule has 0 aromatic heterocycles. The average Bonchev–Trinajstić information content (AvgIpc) is 2.78. The number of sulfonamides is 1. The van der Waals surface area contributed by atoms with E-state index in [2.05, 4.69) is 0 Å². The van der Waals surface area contributed by atoms with E-state index >= 15 is 0 Å². The Kier molecular flexibility index (Phi) is 7.19. The smallest absolute Gasteiger partial charge is 0.308 e. The van der Waals surface area contributed by atoms with Gasteiger partial charge in [-0.05, 0) is 81.5 Å². The van der Waals surface area contributed by atoms with Crippen LogP contribution < -0.4 is 18.5 Å². The van der Waals surface area contributed by atoms with Gasteiger partial charge in [0, 0.05) is 19.5 Å². The molecule has 0 aliphatic carbocycles. The van der Waals surface area contributed by atoms with Gasteiger partial charge in [0.05, 0.1) is 5.69 Å². The Hall–Kier alpha value is -2.45. The maximum absolute atomic E-state index is 11.9. The summed E-state index contributed by atoms with van der Waals surface area (Å²) >= 11 is 5.53. The van der Waals surface area contributed by atoms with E-state index < -0.39 is 20.8 Å². The van der Waals surface area contributed by atoms with Gasteiger partial charge in [-0.2, -0.15) is 0 Å². The van der Waals surface area contributed by atoms with Gasteiger partial charge in [0.25, 0.3) is 0 Å². The van der Waals surface area contributed by atoms with Crippen molar-refractivity contribution in [2.24, 2.45) is 0 Å². The van der Waals surface area contributed by atoms with Crippen LogP contribution in [0.3, 0.4) is 0 Å². The Morgan fingerprint density at radius 3 is 2.36 bits per heavy atom. The quantitative estimate of drug-likeness (QED) is 0.315. The standard InChI is InChI=1S/C24H30ClNO6S/c1-15-16(2)23-21(17(3)22(15)31-18(4)27)11-12-24(5,32-23)13-30-20-9-7-19(8-10-20)26(6)33(28,29)14-25/h7-10H,11-14H2,1-6H3. The molecule has 7 nitrogen and oxygen atoms in total. The Labute approximate surface area is 200 Å². The Morgan fingerprint density at radius 2 is 1.79 bits per heavy atom. The summed E-state index contributed by atoms with van der Waals surface area (Å²) in [6.45, 7) is 9.59. The molecule has 9 heteroatoms. The molecular weight excluding hydrogens is 466 g/mol. The topological polar surface area (TPSA) is 82.1 Å². The molecule has 0 saturated heterocycles. The number of esters is 1. The Bertz CT molecular complexity index is 1160. The molecule has 2 aromatic rings. The number of carbonyl (C=O) groups is 1. The first kappa shape index (κ1) is 25.2. The first-order chi connectivity index (χ1) is 15.4. The van der Waals surface area contributed by atoms with Gasteiger partial charge < -0.3 is 14.2 Å². The summed E-state index contributed by atoms with van der Waals surface area (Å²) in [7, 11) is -2.08. The summed E-state index contributed by atoms with van der Waals surface area (Å²) in [6, 6.07) is 6.79. The van der Waals surface area contributed by atoms with Gasteiger partial charge in [0.2, 0.25) is 10.0 Å². The zero-order valence-corrected chi connectivity index (χ0v) is 21.4. The van der Waals surface area contributed by atoms with Crippen LogP contribution >= 0.6 is 11.6 Å². The van der Waals surface area contributed by atoms with E-state index in [0.29, 0.717) is 23.8 Å². The zero-order valence-electron chi connectivity index (χ0n) is 19.8. The SMILES string of the molecule is CC(=O)Oc1c(C)c(C)c2c(c1C)CCC(C)(COc1ccc(N(C)S(=O)(=O)CCl)cc1)O2. The van der Waals surface area contributed by atoms with Crippen LogP contribution in [0.2, 0.25) is 0 Å². The second-order valence-corrected chi connectivity index (χ2v) is 11.2. The molecule has 0 saturated carbocycles. The predicted octanol–water partition coefficient (Wildman–Crippen LogP) is 4.66. The number of halogens is 1. The molecule has 0 N–H and O–H groups in total. The largest absolute Gasteiger partial charge is 0.489 e. The number of rotatable bonds is 7. The van der Waals surface area contributed by atoms with Gasteiger partial charge in [-0.1, -0.05) is 0 Å². The molecule has 0 radical (unpaired) electrons. The molecule has 33 heavy (non-hydrogen) atoms. The Balaban J connectivity index is 1.75. The highest BCUT2D eigenvalue weighted by Crippen LogP contribution is 2.44. The van der Waals surface area contributed by atoms with Gasteiger partial charge >= 0.3 is 5.97 Å². The molecule has 180 valence electrons. The van der Waals surface area contributed by atoms with E-state index in [1.807, 2.05) is 27.7 Å². The van der Waals surface area contributed by atoms with Crippen LogP contribution in [0.5, 0.6) is 17.2 Å². The van der Waals surface area contributed by atoms with E-state index in [9.17, 15) is 13.2 Å². The van der Waals surface area contributed by atoms with Crippen LogP contribution in [0.4, 0.5) is 5.69 Å². The first-order valence-corrected chi connectivity index (χ1v) is 12.8. The lowest BCUT2D eigenvalue weighted by Gasteiger charge is -2.37. The maximum atomic E-state index is 11.9. The van der Waals surface area contributed by atoms with Crippen molar-refractivity contribution in [2.45, 2.75) is 53.1 Å². The van der Waals surface area contributed by atoms with Crippen molar-refractivity contribution in [3.63, 3.8) is 0 Å². The van der Waals surface area contributed by atoms with Crippen LogP contribution in [0.15, 0.2) is 24.3 Å². The molecule has 0 spiro atoms. The fourth-order valence-corrected chi connectivity index (χ4v) is 4.93. The van der Waals surface area contributed by atoms with Crippen molar-refractivity contribution in [2.75, 3.05) is 23.2 Å². The highest BCUT2D eigenvalue weighted by molar-refractivity contribution is 7.93. The monoisotopic (exact) mass is 495 g/mol. The zero-order chi connectivity index (χ0) is 24.6. The molecule has 1 aliphatic rings. The summed E-state index contributed by atoms with van der Waals surface area (Å²) in [6.07, 6.45) is 1.51. The number of ether oxygens (including phenoxy) is 3. The number of benzene rings is 2. The molecule has 0 bridgehead atoms. The van der Waals surface area contributed by atoms with Gasteiger partial charge in [-0.25, -0.2) is 8.42 Å². The fourth-order valence-electron chi connectivity index (χ4n) is 3.90. The van der Waals surface area contributed by atoms with Crippen LogP contribution in [0.25, 0.3) is 0 Å². The molecule has 1 unspecified atom stereocenters. The van der Waals surface area contributed by atoms with Gasteiger partial charge in [-0.15, -0.1) is 11.6 Å². The van der Waals surface area contributed by atoms with E-state index in [-0.39, 0.29) is 5.97 Å². The van der Waals surface area contributed by atoms with Crippen LogP contribution in [0.1, 0.15) is 42.5 Å². The molecule has 1 atom stereocenters. The van der Waals surface area contributed by atoms with E-state index in [4.69, 9.17) is 25.8 Å². The van der Waals surface area contributed by atoms with Crippen molar-refractivity contribution in [3.05, 3.63) is 46.5 Å². The lowest BCUT2D eigenvalue weighted by molar-refractivity contribution is -0.132. The highest BCUT2D eigenvalue weighted by atomic mass is 35.5. The van der Waals surface area contributed by atoms with Crippen molar-refractivity contribution < 1.29 is 27.4 Å². The first-order valence-electron chi connectivity index (χ1n) is 10.6. The van der Waals surface area contributed by atoms with Gasteiger partial charge in [-0.3, -0.25) is 9.10 Å². The second-order valence-electron chi connectivity index (χ2n) is 8.63. The highest BCUT2D eigenvalue weighted by Gasteiger charge is 2.36. The number of alkyl halides is 1. The van der Waals surface area contributed by atoms with Crippen molar-refractivity contribution in [1.29, 1.82) is 0 Å². The minimum atomic E-state index is -3.54. The van der Waals surface area contributed by atoms with Crippen molar-refractivity contribution >= 4 is 33.3 Å². The van der Waals surface area contributed by atoms with Crippen molar-refractivity contribution in [1.82, 2.24) is 0 Å². The van der Waals surface area contributed by atoms with E-state index in [1.165, 1.54) is 14.0 Å². The third-order valence-corrected chi connectivity index (χ3v) is 8.26. The number of hydrogen-bond donors (Lipinski definition) is 0. The number of hydrogen-bond acceptors (Lipinski definition) is 6. The van der Waals surface area contributed by atoms with E-state index in [0.717, 1.165) is 45.2 Å². The summed E-state index contributed by atoms with van der Waals surface area (Å²) in [4.78, 5) is 11.5. The number of carbonyl (C=O) groups excluding carboxylic acids is 1. The fraction of sp³-hybridized carbons (Fsp3) is 0.458. The normalized spacial score (nSPS) is 17.7. The molecular formula is C24H30ClNO6S. The summed E-state index contributed by atoms with van der Waals surface area (Å²) in [5, 5.41) is -0.486. The maximum Gasteiger partial charge on any atom is 0.308 e. The third kappa shape index (κ3) is 5.22. The van der Waals surface area contributed by atoms with Crippen molar-refractivity contribution in [3.8, 4) is 17.2 Å². The number of nitrogens with zero attached hydrogens (tertiary/aromatic N) is 1. The number of anilines is 1. The minimum absolute atomic E-state index is 0.324. The summed E-state index contributed by atoms with van der Waals surface area (Å²) in [5.74, 6) is 1.71. The molecule has 0 fully saturated rings. The van der Waals surface area contributed by atoms with Crippen LogP contribution in [0, 0.1) is 20.8 Å². The van der Waals surface area contributed by atoms with Gasteiger partial charge in [0.1, 0.15) is 34.7 Å². The number of fused-ring (bicyclic) bond motifs is 1. The van der Waals surface area contributed by atoms with Gasteiger partial charge in [0.15, 0.2) is 0 Å². The third-order valence-electron chi connectivity index (χ3n) is 6.11. The summed E-state index contributed by atoms with van der Waals surface area (Å²) in [5.41, 5.74) is 3.78. The summed E-state index contributed by atoms with van der Waals surface area (Å²) < 4.78 is 42.9. The van der Waals surface area contributed by atoms with Crippen LogP contribution in [-0.4, -0.2) is 38.9 Å². The molecule has 1 heterocycles. The predicted molar refractivity (Wildman–Crippen MR) is 129 cm³/mol. The second kappa shape index (κ2) is 9.43. The molecule has 0 amide bonds. The minimum Gasteiger partial charge on any atom is -0.489 e. The average molecular weight is 496 g/mol. The van der Waals surface area contributed by atoms with E-state index in [1.54, 1.807) is 24.3 Å². The molecule has 1 aliphatic heterocycles. The van der Waals surface area contributed by atoms with Crippen LogP contribution in [-0.2, 0) is 21.2 Å². The molecule has 3 rings (SSSR count). The molecule has 2 aromatic carbocycles.